The van der Waals surface area contributed by atoms with Gasteiger partial charge in [0.25, 0.3) is 5.92 Å². The summed E-state index contributed by atoms with van der Waals surface area (Å²) in [7, 11) is 0. The molecule has 0 saturated heterocycles. The number of rotatable bonds is 11. The van der Waals surface area contributed by atoms with Crippen molar-refractivity contribution < 1.29 is 13.9 Å². The van der Waals surface area contributed by atoms with Crippen molar-refractivity contribution in [3.05, 3.63) is 76.4 Å². The average molecular weight is 558 g/mol. The number of phenolic OH excluding ortho intramolecular Hbond substituents is 1. The van der Waals surface area contributed by atoms with Gasteiger partial charge in [-0.3, -0.25) is 4.90 Å². The fourth-order valence-corrected chi connectivity index (χ4v) is 4.67. The predicted octanol–water partition coefficient (Wildman–Crippen LogP) is 6.69. The summed E-state index contributed by atoms with van der Waals surface area (Å²) in [6.07, 6.45) is 3.43. The second-order valence-electron chi connectivity index (χ2n) is 8.87. The third kappa shape index (κ3) is 6.02. The molecule has 190 valence electrons. The van der Waals surface area contributed by atoms with Crippen molar-refractivity contribution in [2.24, 2.45) is 0 Å². The molecule has 0 aliphatic carbocycles. The van der Waals surface area contributed by atoms with E-state index in [9.17, 15) is 13.9 Å². The highest BCUT2D eigenvalue weighted by molar-refractivity contribution is 9.10. The lowest BCUT2D eigenvalue weighted by Crippen LogP contribution is -2.28. The number of alkyl halides is 2. The topological polar surface area (TPSA) is 65.7 Å². The molecule has 9 heteroatoms. The molecule has 2 N–H and O–H groups in total. The lowest BCUT2D eigenvalue weighted by atomic mass is 10.0. The van der Waals surface area contributed by atoms with Crippen LogP contribution >= 0.6 is 15.9 Å². The second kappa shape index (κ2) is 11.3. The number of nitrogens with one attached hydrogen (secondary N) is 1. The quantitative estimate of drug-likeness (QED) is 0.201. The van der Waals surface area contributed by atoms with Crippen molar-refractivity contribution >= 4 is 27.4 Å². The Kier molecular flexibility index (Phi) is 8.21. The fraction of sp³-hybridized carbons (Fsp3) is 0.333. The molecule has 0 aliphatic heterocycles. The predicted molar refractivity (Wildman–Crippen MR) is 142 cm³/mol. The monoisotopic (exact) mass is 557 g/mol. The van der Waals surface area contributed by atoms with E-state index in [-0.39, 0.29) is 11.3 Å². The molecule has 2 aromatic heterocycles. The van der Waals surface area contributed by atoms with Gasteiger partial charge in [-0.1, -0.05) is 43.3 Å². The summed E-state index contributed by atoms with van der Waals surface area (Å²) in [5, 5.41) is 18.2. The van der Waals surface area contributed by atoms with Crippen LogP contribution in [0.5, 0.6) is 5.75 Å². The van der Waals surface area contributed by atoms with Gasteiger partial charge in [0.05, 0.1) is 16.4 Å². The molecular formula is C27H30BrF2N5O. The number of benzene rings is 2. The number of aromatic hydroxyl groups is 1. The van der Waals surface area contributed by atoms with Gasteiger partial charge in [0.1, 0.15) is 11.6 Å². The highest BCUT2D eigenvalue weighted by Gasteiger charge is 2.27. The zero-order valence-electron chi connectivity index (χ0n) is 20.4. The average Bonchev–Trinajstić information content (AvgIpc) is 3.22. The lowest BCUT2D eigenvalue weighted by Gasteiger charge is -2.24. The molecule has 4 rings (SSSR count). The maximum Gasteiger partial charge on any atom is 0.270 e. The fourth-order valence-electron chi connectivity index (χ4n) is 4.32. The van der Waals surface area contributed by atoms with Gasteiger partial charge in [-0.25, -0.2) is 13.8 Å². The summed E-state index contributed by atoms with van der Waals surface area (Å²) in [6, 6.07) is 15.7. The van der Waals surface area contributed by atoms with Crippen molar-refractivity contribution in [2.75, 3.05) is 25.0 Å². The summed E-state index contributed by atoms with van der Waals surface area (Å²) >= 11 is 3.50. The maximum atomic E-state index is 14.1. The van der Waals surface area contributed by atoms with Gasteiger partial charge in [0.2, 0.25) is 0 Å². The first-order valence-electron chi connectivity index (χ1n) is 12.0. The van der Waals surface area contributed by atoms with Crippen LogP contribution in [0, 0.1) is 0 Å². The van der Waals surface area contributed by atoms with Crippen LogP contribution in [0.2, 0.25) is 0 Å². The van der Waals surface area contributed by atoms with E-state index in [1.54, 1.807) is 35.0 Å². The molecule has 0 amide bonds. The van der Waals surface area contributed by atoms with Crippen molar-refractivity contribution in [1.82, 2.24) is 19.5 Å². The molecule has 0 saturated carbocycles. The Bertz CT molecular complexity index is 1320. The largest absolute Gasteiger partial charge is 0.507 e. The zero-order valence-corrected chi connectivity index (χ0v) is 22.0. The third-order valence-corrected chi connectivity index (χ3v) is 6.55. The summed E-state index contributed by atoms with van der Waals surface area (Å²) in [6.45, 7) is 5.77. The van der Waals surface area contributed by atoms with Gasteiger partial charge in [-0.15, -0.1) is 0 Å². The van der Waals surface area contributed by atoms with Crippen molar-refractivity contribution in [1.29, 1.82) is 0 Å². The second-order valence-corrected chi connectivity index (χ2v) is 9.73. The van der Waals surface area contributed by atoms with E-state index in [1.807, 2.05) is 24.3 Å². The Morgan fingerprint density at radius 2 is 1.86 bits per heavy atom. The van der Waals surface area contributed by atoms with E-state index in [4.69, 9.17) is 0 Å². The van der Waals surface area contributed by atoms with Crippen molar-refractivity contribution in [3.8, 4) is 17.0 Å². The molecule has 0 bridgehead atoms. The van der Waals surface area contributed by atoms with Crippen molar-refractivity contribution in [3.63, 3.8) is 0 Å². The molecule has 2 aromatic carbocycles. The minimum atomic E-state index is -2.87. The minimum absolute atomic E-state index is 0.0874. The Morgan fingerprint density at radius 3 is 2.61 bits per heavy atom. The Hall–Kier alpha value is -3.04. The van der Waals surface area contributed by atoms with Gasteiger partial charge < -0.3 is 10.4 Å². The first-order chi connectivity index (χ1) is 17.3. The third-order valence-electron chi connectivity index (χ3n) is 5.99. The van der Waals surface area contributed by atoms with Crippen LogP contribution in [0.3, 0.4) is 0 Å². The molecule has 0 fully saturated rings. The van der Waals surface area contributed by atoms with Crippen LogP contribution in [0.25, 0.3) is 16.9 Å². The normalized spacial score (nSPS) is 11.9. The maximum absolute atomic E-state index is 14.1. The van der Waals surface area contributed by atoms with Crippen LogP contribution in [-0.4, -0.2) is 44.2 Å². The molecule has 0 aliphatic rings. The Balaban J connectivity index is 1.47. The minimum Gasteiger partial charge on any atom is -0.507 e. The summed E-state index contributed by atoms with van der Waals surface area (Å²) in [5.41, 5.74) is 2.66. The van der Waals surface area contributed by atoms with E-state index in [2.05, 4.69) is 43.2 Å². The highest BCUT2D eigenvalue weighted by Crippen LogP contribution is 2.32. The van der Waals surface area contributed by atoms with E-state index in [0.717, 1.165) is 43.1 Å². The smallest absolute Gasteiger partial charge is 0.270 e. The number of aromatic nitrogens is 3. The zero-order chi connectivity index (χ0) is 25.7. The molecule has 0 spiro atoms. The van der Waals surface area contributed by atoms with Gasteiger partial charge in [0, 0.05) is 43.8 Å². The molecule has 0 atom stereocenters. The first-order valence-corrected chi connectivity index (χ1v) is 12.8. The van der Waals surface area contributed by atoms with Crippen LogP contribution in [0.15, 0.2) is 65.3 Å². The van der Waals surface area contributed by atoms with Gasteiger partial charge in [0.15, 0.2) is 5.65 Å². The molecule has 0 radical (unpaired) electrons. The molecule has 6 nitrogen and oxygen atoms in total. The van der Waals surface area contributed by atoms with Crippen LogP contribution in [-0.2, 0) is 12.5 Å². The number of para-hydroxylation sites is 1. The molecular weight excluding hydrogens is 528 g/mol. The molecule has 0 unspecified atom stereocenters. The van der Waals surface area contributed by atoms with Crippen LogP contribution in [0.4, 0.5) is 14.6 Å². The number of hydrogen-bond acceptors (Lipinski definition) is 5. The van der Waals surface area contributed by atoms with E-state index >= 15 is 0 Å². The Morgan fingerprint density at radius 1 is 1.11 bits per heavy atom. The number of anilines is 1. The van der Waals surface area contributed by atoms with Gasteiger partial charge in [-0.05, 0) is 53.0 Å². The highest BCUT2D eigenvalue weighted by atomic mass is 79.9. The number of phenols is 1. The van der Waals surface area contributed by atoms with E-state index in [0.29, 0.717) is 35.6 Å². The van der Waals surface area contributed by atoms with Crippen LogP contribution in [0.1, 0.15) is 37.8 Å². The molecule has 4 aromatic rings. The summed E-state index contributed by atoms with van der Waals surface area (Å²) < 4.78 is 30.7. The van der Waals surface area contributed by atoms with E-state index < -0.39 is 5.92 Å². The number of halogens is 3. The van der Waals surface area contributed by atoms with Crippen LogP contribution < -0.4 is 5.32 Å². The lowest BCUT2D eigenvalue weighted by molar-refractivity contribution is 0.0158. The molecule has 36 heavy (non-hydrogen) atoms. The number of nitrogens with zero attached hydrogens (tertiary/aromatic N) is 4. The summed E-state index contributed by atoms with van der Waals surface area (Å²) in [5.74, 6) is -1.96. The van der Waals surface area contributed by atoms with Gasteiger partial charge in [-0.2, -0.15) is 9.61 Å². The molecule has 2 heterocycles. The Labute approximate surface area is 218 Å². The van der Waals surface area contributed by atoms with Crippen molar-refractivity contribution in [2.45, 2.75) is 39.2 Å². The standard InChI is InChI=1S/C27H30BrF2N5O/c1-3-14-34(18-19-9-4-6-11-21(19)27(2,29)30)15-8-13-31-25-16-23(20-10-5-7-12-24(20)36)33-26-22(28)17-32-35(25)26/h4-7,9-12,16-17,31,36H,3,8,13-15,18H2,1-2H3. The first kappa shape index (κ1) is 26.0. The number of fused-ring (bicyclic) bond motifs is 1. The van der Waals surface area contributed by atoms with Gasteiger partial charge >= 0.3 is 0 Å². The number of hydrogen-bond donors (Lipinski definition) is 2. The van der Waals surface area contributed by atoms with E-state index in [1.165, 1.54) is 6.07 Å². The SMILES string of the molecule is CCCN(CCCNc1cc(-c2ccccc2O)nc2c(Br)cnn12)Cc1ccccc1C(C)(F)F. The summed E-state index contributed by atoms with van der Waals surface area (Å²) in [4.78, 5) is 6.88.